The summed E-state index contributed by atoms with van der Waals surface area (Å²) in [5, 5.41) is 5.00. The second kappa shape index (κ2) is 7.83. The minimum Gasteiger partial charge on any atom is -0.451 e. The summed E-state index contributed by atoms with van der Waals surface area (Å²) in [7, 11) is -9.08. The molecule has 0 unspecified atom stereocenters. The van der Waals surface area contributed by atoms with Gasteiger partial charge in [-0.25, -0.2) is 26.7 Å². The average molecular weight is 474 g/mol. The molecule has 31 heavy (non-hydrogen) atoms. The van der Waals surface area contributed by atoms with E-state index in [1.807, 2.05) is 0 Å². The van der Waals surface area contributed by atoms with Crippen molar-refractivity contribution in [1.82, 2.24) is 4.72 Å². The van der Waals surface area contributed by atoms with E-state index in [0.29, 0.717) is 0 Å². The Kier molecular flexibility index (Phi) is 5.69. The number of hydrogen-bond donors (Lipinski definition) is 2. The highest BCUT2D eigenvalue weighted by Crippen LogP contribution is 2.32. The molecule has 0 saturated carbocycles. The number of sulfonamides is 2. The van der Waals surface area contributed by atoms with Crippen LogP contribution in [0, 0.1) is 0 Å². The molecule has 0 aliphatic heterocycles. The Morgan fingerprint density at radius 3 is 2.16 bits per heavy atom. The number of carbonyl (C=O) groups is 1. The quantitative estimate of drug-likeness (QED) is 0.584. The number of alkyl halides is 3. The molecule has 1 amide bonds. The maximum Gasteiger partial charge on any atom is 0.416 e. The molecule has 0 aliphatic rings. The molecule has 0 radical (unpaired) electrons. The van der Waals surface area contributed by atoms with Crippen molar-refractivity contribution in [3.8, 4) is 11.3 Å². The van der Waals surface area contributed by atoms with E-state index >= 15 is 0 Å². The van der Waals surface area contributed by atoms with Crippen LogP contribution in [0.4, 0.5) is 13.2 Å². The lowest BCUT2D eigenvalue weighted by atomic mass is 10.1. The number of primary sulfonamides is 1. The Labute approximate surface area is 174 Å². The van der Waals surface area contributed by atoms with Crippen LogP contribution in [0.15, 0.2) is 74.9 Å². The zero-order chi connectivity index (χ0) is 23.0. The Balaban J connectivity index is 1.89. The van der Waals surface area contributed by atoms with Crippen molar-refractivity contribution < 1.29 is 39.2 Å². The number of nitrogens with two attached hydrogens (primary N) is 1. The fourth-order valence-electron chi connectivity index (χ4n) is 2.60. The molecule has 1 heterocycles. The van der Waals surface area contributed by atoms with Gasteiger partial charge in [-0.05, 0) is 36.4 Å². The van der Waals surface area contributed by atoms with Crippen molar-refractivity contribution in [3.05, 3.63) is 72.0 Å². The minimum atomic E-state index is -4.67. The van der Waals surface area contributed by atoms with E-state index in [2.05, 4.69) is 0 Å². The second-order valence-corrected chi connectivity index (χ2v) is 9.35. The summed E-state index contributed by atoms with van der Waals surface area (Å²) in [5.41, 5.74) is -0.925. The average Bonchev–Trinajstić information content (AvgIpc) is 3.17. The molecule has 0 atom stereocenters. The highest BCUT2D eigenvalue weighted by molar-refractivity contribution is 7.92. The van der Waals surface area contributed by atoms with Crippen molar-refractivity contribution >= 4 is 26.0 Å². The standard InChI is InChI=1S/C18H13F3N2O6S2/c19-18(20,21)12-5-3-4-11(10-12)13-8-9-14(29-13)17(24)23-31(27,28)16-7-2-1-6-15(16)30(22,25)26/h1-10H,(H,23,24)(H2,22,25,26). The molecule has 3 aromatic rings. The van der Waals surface area contributed by atoms with Crippen molar-refractivity contribution in [1.29, 1.82) is 0 Å². The fourth-order valence-corrected chi connectivity index (χ4v) is 4.94. The maximum absolute atomic E-state index is 12.9. The maximum atomic E-state index is 12.9. The molecule has 8 nitrogen and oxygen atoms in total. The first-order valence-corrected chi connectivity index (χ1v) is 11.3. The van der Waals surface area contributed by atoms with Crippen LogP contribution in [-0.2, 0) is 26.2 Å². The highest BCUT2D eigenvalue weighted by Gasteiger charge is 2.31. The number of amides is 1. The topological polar surface area (TPSA) is 137 Å². The van der Waals surface area contributed by atoms with Crippen LogP contribution in [0.5, 0.6) is 0 Å². The van der Waals surface area contributed by atoms with E-state index in [0.717, 1.165) is 36.4 Å². The van der Waals surface area contributed by atoms with Crippen LogP contribution in [0.25, 0.3) is 11.3 Å². The molecule has 3 N–H and O–H groups in total. The van der Waals surface area contributed by atoms with Crippen molar-refractivity contribution in [2.24, 2.45) is 5.14 Å². The van der Waals surface area contributed by atoms with Crippen molar-refractivity contribution in [3.63, 3.8) is 0 Å². The van der Waals surface area contributed by atoms with Crippen LogP contribution in [0.1, 0.15) is 16.1 Å². The van der Waals surface area contributed by atoms with E-state index in [-0.39, 0.29) is 11.3 Å². The Morgan fingerprint density at radius 2 is 1.55 bits per heavy atom. The molecule has 0 spiro atoms. The molecule has 0 bridgehead atoms. The number of benzene rings is 2. The number of rotatable bonds is 5. The Morgan fingerprint density at radius 1 is 0.903 bits per heavy atom. The van der Waals surface area contributed by atoms with Gasteiger partial charge >= 0.3 is 12.1 Å². The van der Waals surface area contributed by atoms with Gasteiger partial charge in [0.25, 0.3) is 10.0 Å². The summed E-state index contributed by atoms with van der Waals surface area (Å²) in [5.74, 6) is -1.90. The molecular weight excluding hydrogens is 461 g/mol. The molecule has 1 aromatic heterocycles. The van der Waals surface area contributed by atoms with E-state index in [9.17, 15) is 34.8 Å². The van der Waals surface area contributed by atoms with Crippen molar-refractivity contribution in [2.45, 2.75) is 16.0 Å². The SMILES string of the molecule is NS(=O)(=O)c1ccccc1S(=O)(=O)NC(=O)c1ccc(-c2cccc(C(F)(F)F)c2)o1. The third-order valence-corrected chi connectivity index (χ3v) is 6.46. The predicted octanol–water partition coefficient (Wildman–Crippen LogP) is 2.73. The lowest BCUT2D eigenvalue weighted by Gasteiger charge is -2.09. The zero-order valence-electron chi connectivity index (χ0n) is 15.3. The minimum absolute atomic E-state index is 0.0105. The third-order valence-electron chi connectivity index (χ3n) is 3.98. The largest absolute Gasteiger partial charge is 0.451 e. The van der Waals surface area contributed by atoms with Crippen LogP contribution >= 0.6 is 0 Å². The third kappa shape index (κ3) is 4.95. The Bertz CT molecular complexity index is 1360. The highest BCUT2D eigenvalue weighted by atomic mass is 32.2. The zero-order valence-corrected chi connectivity index (χ0v) is 16.9. The van der Waals surface area contributed by atoms with E-state index in [1.165, 1.54) is 24.3 Å². The van der Waals surface area contributed by atoms with Gasteiger partial charge in [-0.3, -0.25) is 4.79 Å². The van der Waals surface area contributed by atoms with Gasteiger partial charge in [-0.15, -0.1) is 0 Å². The summed E-state index contributed by atoms with van der Waals surface area (Å²) >= 11 is 0. The molecule has 13 heteroatoms. The number of halogens is 3. The fraction of sp³-hybridized carbons (Fsp3) is 0.0556. The number of nitrogens with one attached hydrogen (secondary N) is 1. The van der Waals surface area contributed by atoms with Gasteiger partial charge in [0, 0.05) is 5.56 Å². The monoisotopic (exact) mass is 474 g/mol. The number of furan rings is 1. The summed E-state index contributed by atoms with van der Waals surface area (Å²) in [4.78, 5) is 10.8. The first-order valence-electron chi connectivity index (χ1n) is 8.25. The summed E-state index contributed by atoms with van der Waals surface area (Å²) in [6, 6.07) is 10.7. The molecular formula is C18H13F3N2O6S2. The first kappa shape index (κ1) is 22.5. The molecule has 164 valence electrons. The van der Waals surface area contributed by atoms with Gasteiger partial charge in [0.05, 0.1) is 5.56 Å². The molecule has 3 rings (SSSR count). The molecule has 0 fully saturated rings. The van der Waals surface area contributed by atoms with Crippen LogP contribution in [0.3, 0.4) is 0 Å². The van der Waals surface area contributed by atoms with E-state index < -0.39 is 53.2 Å². The van der Waals surface area contributed by atoms with E-state index in [1.54, 1.807) is 4.72 Å². The lowest BCUT2D eigenvalue weighted by Crippen LogP contribution is -2.31. The normalized spacial score (nSPS) is 12.5. The Hall–Kier alpha value is -3.16. The van der Waals surface area contributed by atoms with Gasteiger partial charge in [0.1, 0.15) is 15.6 Å². The van der Waals surface area contributed by atoms with Gasteiger partial charge in [0.2, 0.25) is 10.0 Å². The van der Waals surface area contributed by atoms with E-state index in [4.69, 9.17) is 9.56 Å². The molecule has 2 aromatic carbocycles. The first-order chi connectivity index (χ1) is 14.3. The summed E-state index contributed by atoms with van der Waals surface area (Å²) < 4.78 is 93.7. The van der Waals surface area contributed by atoms with Crippen LogP contribution in [0.2, 0.25) is 0 Å². The van der Waals surface area contributed by atoms with Gasteiger partial charge < -0.3 is 4.42 Å². The summed E-state index contributed by atoms with van der Waals surface area (Å²) in [6.45, 7) is 0. The smallest absolute Gasteiger partial charge is 0.416 e. The molecule has 0 aliphatic carbocycles. The summed E-state index contributed by atoms with van der Waals surface area (Å²) in [6.07, 6.45) is -4.59. The van der Waals surface area contributed by atoms with Gasteiger partial charge in [-0.1, -0.05) is 24.3 Å². The lowest BCUT2D eigenvalue weighted by molar-refractivity contribution is -0.137. The van der Waals surface area contributed by atoms with Gasteiger partial charge in [0.15, 0.2) is 5.76 Å². The number of hydrogen-bond acceptors (Lipinski definition) is 6. The second-order valence-electron chi connectivity index (χ2n) is 6.17. The van der Waals surface area contributed by atoms with Crippen molar-refractivity contribution in [2.75, 3.05) is 0 Å². The molecule has 0 saturated heterocycles. The number of carbonyl (C=O) groups excluding carboxylic acids is 1. The predicted molar refractivity (Wildman–Crippen MR) is 102 cm³/mol. The van der Waals surface area contributed by atoms with Crippen LogP contribution in [-0.4, -0.2) is 22.7 Å². The van der Waals surface area contributed by atoms with Crippen LogP contribution < -0.4 is 9.86 Å². The van der Waals surface area contributed by atoms with Gasteiger partial charge in [-0.2, -0.15) is 13.2 Å².